The summed E-state index contributed by atoms with van der Waals surface area (Å²) in [5.41, 5.74) is 1.68. The molecule has 0 aliphatic heterocycles. The number of hydrogen-bond acceptors (Lipinski definition) is 2. The van der Waals surface area contributed by atoms with Gasteiger partial charge in [-0.1, -0.05) is 20.1 Å². The molecule has 0 bridgehead atoms. The van der Waals surface area contributed by atoms with Crippen LogP contribution in [0, 0.1) is 5.92 Å². The van der Waals surface area contributed by atoms with Gasteiger partial charge in [-0.3, -0.25) is 0 Å². The molecule has 0 radical (unpaired) electrons. The van der Waals surface area contributed by atoms with Gasteiger partial charge in [0, 0.05) is 18.7 Å². The van der Waals surface area contributed by atoms with Crippen molar-refractivity contribution in [1.29, 1.82) is 0 Å². The average molecular weight is 141 g/mol. The van der Waals surface area contributed by atoms with Crippen LogP contribution in [0.5, 0.6) is 0 Å². The zero-order valence-electron chi connectivity index (χ0n) is 6.65. The van der Waals surface area contributed by atoms with Crippen LogP contribution in [0.4, 0.5) is 0 Å². The highest BCUT2D eigenvalue weighted by molar-refractivity contribution is 5.13. The van der Waals surface area contributed by atoms with Crippen molar-refractivity contribution in [1.82, 2.24) is 5.32 Å². The highest BCUT2D eigenvalue weighted by atomic mass is 16.3. The van der Waals surface area contributed by atoms with E-state index in [9.17, 15) is 0 Å². The van der Waals surface area contributed by atoms with Gasteiger partial charge in [-0.05, 0) is 5.57 Å². The average Bonchev–Trinajstić information content (AvgIpc) is 2.00. The van der Waals surface area contributed by atoms with Crippen molar-refractivity contribution in [2.24, 2.45) is 5.92 Å². The van der Waals surface area contributed by atoms with E-state index in [0.29, 0.717) is 0 Å². The number of allylic oxidation sites excluding steroid dienone is 1. The molecule has 0 aromatic rings. The maximum Gasteiger partial charge on any atom is 0.0645 e. The van der Waals surface area contributed by atoms with Crippen molar-refractivity contribution in [3.63, 3.8) is 0 Å². The fraction of sp³-hybridized carbons (Fsp3) is 0.500. The van der Waals surface area contributed by atoms with E-state index in [1.54, 1.807) is 0 Å². The van der Waals surface area contributed by atoms with Crippen LogP contribution >= 0.6 is 0 Å². The zero-order valence-corrected chi connectivity index (χ0v) is 6.65. The van der Waals surface area contributed by atoms with Crippen molar-refractivity contribution >= 4 is 0 Å². The number of aliphatic hydroxyl groups is 1. The lowest BCUT2D eigenvalue weighted by molar-refractivity contribution is 0.320. The molecule has 0 aromatic carbocycles. The molecule has 0 amide bonds. The first-order chi connectivity index (χ1) is 4.63. The molecule has 0 aliphatic rings. The van der Waals surface area contributed by atoms with E-state index in [1.807, 2.05) is 14.0 Å². The van der Waals surface area contributed by atoms with Gasteiger partial charge in [0.1, 0.15) is 0 Å². The predicted octanol–water partition coefficient (Wildman–Crippen LogP) is 0.904. The smallest absolute Gasteiger partial charge is 0.0645 e. The van der Waals surface area contributed by atoms with E-state index in [0.717, 1.165) is 11.3 Å². The van der Waals surface area contributed by atoms with E-state index < -0.39 is 0 Å². The van der Waals surface area contributed by atoms with Crippen molar-refractivity contribution in [3.8, 4) is 0 Å². The second-order valence-corrected chi connectivity index (χ2v) is 2.31. The maximum atomic E-state index is 8.68. The molecule has 0 heterocycles. The Balaban J connectivity index is 3.94. The molecular formula is C8H15NO. The highest BCUT2D eigenvalue weighted by Gasteiger charge is 2.07. The van der Waals surface area contributed by atoms with Gasteiger partial charge in [-0.15, -0.1) is 0 Å². The van der Waals surface area contributed by atoms with Crippen LogP contribution in [-0.4, -0.2) is 18.8 Å². The van der Waals surface area contributed by atoms with Gasteiger partial charge in [-0.25, -0.2) is 0 Å². The minimum atomic E-state index is 0.0296. The van der Waals surface area contributed by atoms with Crippen LogP contribution in [0.3, 0.4) is 0 Å². The third-order valence-corrected chi connectivity index (χ3v) is 1.66. The van der Waals surface area contributed by atoms with Crippen LogP contribution in [-0.2, 0) is 0 Å². The van der Waals surface area contributed by atoms with Gasteiger partial charge >= 0.3 is 0 Å². The Morgan fingerprint density at radius 3 is 2.40 bits per heavy atom. The van der Waals surface area contributed by atoms with Crippen molar-refractivity contribution < 1.29 is 5.11 Å². The first-order valence-electron chi connectivity index (χ1n) is 3.28. The molecular weight excluding hydrogens is 126 g/mol. The van der Waals surface area contributed by atoms with E-state index in [4.69, 9.17) is 5.11 Å². The number of aliphatic hydroxyl groups excluding tert-OH is 1. The van der Waals surface area contributed by atoms with E-state index >= 15 is 0 Å². The quantitative estimate of drug-likeness (QED) is 0.570. The molecule has 1 atom stereocenters. The number of rotatable bonds is 4. The molecule has 10 heavy (non-hydrogen) atoms. The van der Waals surface area contributed by atoms with Crippen LogP contribution in [0.2, 0.25) is 0 Å². The lowest BCUT2D eigenvalue weighted by Gasteiger charge is -2.14. The fourth-order valence-corrected chi connectivity index (χ4v) is 0.600. The summed E-state index contributed by atoms with van der Waals surface area (Å²) < 4.78 is 0. The summed E-state index contributed by atoms with van der Waals surface area (Å²) in [6.07, 6.45) is 0. The molecule has 0 fully saturated rings. The van der Waals surface area contributed by atoms with Crippen molar-refractivity contribution in [2.45, 2.75) is 6.92 Å². The Kier molecular flexibility index (Phi) is 3.81. The summed E-state index contributed by atoms with van der Waals surface area (Å²) in [7, 11) is 1.81. The Hall–Kier alpha value is -0.760. The van der Waals surface area contributed by atoms with E-state index in [1.165, 1.54) is 0 Å². The Bertz CT molecular complexity index is 124. The SMILES string of the molecule is C=C(CO)C(C)C(=C)NC. The van der Waals surface area contributed by atoms with Gasteiger partial charge < -0.3 is 10.4 Å². The van der Waals surface area contributed by atoms with Gasteiger partial charge in [0.2, 0.25) is 0 Å². The normalized spacial score (nSPS) is 12.3. The number of hydrogen-bond donors (Lipinski definition) is 2. The highest BCUT2D eigenvalue weighted by Crippen LogP contribution is 2.12. The fourth-order valence-electron chi connectivity index (χ4n) is 0.600. The van der Waals surface area contributed by atoms with Crippen LogP contribution in [0.15, 0.2) is 24.4 Å². The molecule has 0 saturated carbocycles. The third-order valence-electron chi connectivity index (χ3n) is 1.66. The summed E-state index contributed by atoms with van der Waals surface area (Å²) in [5, 5.41) is 11.6. The Morgan fingerprint density at radius 1 is 1.60 bits per heavy atom. The molecule has 58 valence electrons. The summed E-state index contributed by atoms with van der Waals surface area (Å²) >= 11 is 0. The standard InChI is InChI=1S/C8H15NO/c1-6(5-10)7(2)8(3)9-4/h7,9-10H,1,3,5H2,2,4H3. The largest absolute Gasteiger partial charge is 0.392 e. The van der Waals surface area contributed by atoms with E-state index in [2.05, 4.69) is 18.5 Å². The van der Waals surface area contributed by atoms with Crippen LogP contribution in [0.1, 0.15) is 6.92 Å². The van der Waals surface area contributed by atoms with Gasteiger partial charge in [0.15, 0.2) is 0 Å². The second kappa shape index (κ2) is 4.12. The molecule has 0 aromatic heterocycles. The molecule has 2 nitrogen and oxygen atoms in total. The summed E-state index contributed by atoms with van der Waals surface area (Å²) in [5.74, 6) is 0.148. The molecule has 2 N–H and O–H groups in total. The van der Waals surface area contributed by atoms with Crippen molar-refractivity contribution in [3.05, 3.63) is 24.4 Å². The Labute approximate surface area is 62.3 Å². The Morgan fingerprint density at radius 2 is 2.10 bits per heavy atom. The lowest BCUT2D eigenvalue weighted by atomic mass is 10.0. The first kappa shape index (κ1) is 9.24. The zero-order chi connectivity index (χ0) is 8.15. The lowest BCUT2D eigenvalue weighted by Crippen LogP contribution is -2.15. The second-order valence-electron chi connectivity index (χ2n) is 2.31. The van der Waals surface area contributed by atoms with E-state index in [-0.39, 0.29) is 12.5 Å². The number of nitrogens with one attached hydrogen (secondary N) is 1. The molecule has 1 unspecified atom stereocenters. The summed E-state index contributed by atoms with van der Waals surface area (Å²) in [6, 6.07) is 0. The third kappa shape index (κ3) is 2.23. The van der Waals surface area contributed by atoms with Gasteiger partial charge in [0.05, 0.1) is 6.61 Å². The molecule has 0 aliphatic carbocycles. The molecule has 0 spiro atoms. The predicted molar refractivity (Wildman–Crippen MR) is 43.6 cm³/mol. The minimum Gasteiger partial charge on any atom is -0.392 e. The van der Waals surface area contributed by atoms with Crippen molar-refractivity contribution in [2.75, 3.05) is 13.7 Å². The maximum absolute atomic E-state index is 8.68. The molecule has 0 rings (SSSR count). The molecule has 2 heteroatoms. The van der Waals surface area contributed by atoms with Gasteiger partial charge in [0.25, 0.3) is 0 Å². The van der Waals surface area contributed by atoms with Crippen LogP contribution < -0.4 is 5.32 Å². The molecule has 0 saturated heterocycles. The topological polar surface area (TPSA) is 32.3 Å². The summed E-state index contributed by atoms with van der Waals surface area (Å²) in [6.45, 7) is 9.44. The van der Waals surface area contributed by atoms with Gasteiger partial charge in [-0.2, -0.15) is 0 Å². The monoisotopic (exact) mass is 141 g/mol. The minimum absolute atomic E-state index is 0.0296. The van der Waals surface area contributed by atoms with Crippen LogP contribution in [0.25, 0.3) is 0 Å². The first-order valence-corrected chi connectivity index (χ1v) is 3.28. The summed E-state index contributed by atoms with van der Waals surface area (Å²) in [4.78, 5) is 0.